The first-order chi connectivity index (χ1) is 9.04. The van der Waals surface area contributed by atoms with E-state index in [1.54, 1.807) is 7.05 Å². The van der Waals surface area contributed by atoms with E-state index in [4.69, 9.17) is 0 Å². The van der Waals surface area contributed by atoms with Gasteiger partial charge in [0, 0.05) is 7.05 Å². The topological polar surface area (TPSA) is 87.8 Å². The van der Waals surface area contributed by atoms with Crippen molar-refractivity contribution in [2.75, 3.05) is 0 Å². The van der Waals surface area contributed by atoms with Gasteiger partial charge in [-0.1, -0.05) is 19.3 Å². The van der Waals surface area contributed by atoms with Gasteiger partial charge in [0.15, 0.2) is 5.03 Å². The summed E-state index contributed by atoms with van der Waals surface area (Å²) < 4.78 is 28.2. The summed E-state index contributed by atoms with van der Waals surface area (Å²) in [5, 5.41) is 13.1. The van der Waals surface area contributed by atoms with Crippen LogP contribution in [0.25, 0.3) is 0 Å². The van der Waals surface area contributed by atoms with E-state index in [2.05, 4.69) is 15.9 Å². The van der Waals surface area contributed by atoms with Crippen molar-refractivity contribution in [3.8, 4) is 6.07 Å². The molecule has 1 aliphatic rings. The van der Waals surface area contributed by atoms with Crippen LogP contribution in [0.1, 0.15) is 32.1 Å². The predicted octanol–water partition coefficient (Wildman–Crippen LogP) is 1.17. The highest BCUT2D eigenvalue weighted by Crippen LogP contribution is 2.27. The number of nitrogens with zero attached hydrogens (tertiary/aromatic N) is 3. The van der Waals surface area contributed by atoms with Crippen molar-refractivity contribution in [3.05, 3.63) is 12.3 Å². The van der Waals surface area contributed by atoms with Crippen LogP contribution in [-0.4, -0.2) is 24.2 Å². The van der Waals surface area contributed by atoms with Crippen LogP contribution in [0.5, 0.6) is 0 Å². The molecule has 0 radical (unpaired) electrons. The first kappa shape index (κ1) is 14.0. The second-order valence-electron chi connectivity index (χ2n) is 4.92. The molecule has 1 aliphatic carbocycles. The Labute approximate surface area is 113 Å². The summed E-state index contributed by atoms with van der Waals surface area (Å²) in [6.45, 7) is 0. The Bertz CT molecular complexity index is 567. The van der Waals surface area contributed by atoms with Crippen molar-refractivity contribution in [1.29, 1.82) is 5.26 Å². The van der Waals surface area contributed by atoms with Crippen molar-refractivity contribution in [2.24, 2.45) is 13.0 Å². The highest BCUT2D eigenvalue weighted by Gasteiger charge is 2.29. The summed E-state index contributed by atoms with van der Waals surface area (Å²) in [5.74, 6) is 0.113. The smallest absolute Gasteiger partial charge is 0.256 e. The standard InChI is InChI=1S/C12H18N4O2S/c1-16-12(7-8-14-16)19(17,18)15-11(9-13)10-5-3-2-4-6-10/h7-8,10-11,15H,2-6H2,1H3. The lowest BCUT2D eigenvalue weighted by molar-refractivity contribution is 0.323. The molecule has 0 spiro atoms. The van der Waals surface area contributed by atoms with Gasteiger partial charge < -0.3 is 0 Å². The summed E-state index contributed by atoms with van der Waals surface area (Å²) >= 11 is 0. The fraction of sp³-hybridized carbons (Fsp3) is 0.667. The molecule has 1 unspecified atom stereocenters. The summed E-state index contributed by atoms with van der Waals surface area (Å²) in [7, 11) is -2.11. The summed E-state index contributed by atoms with van der Waals surface area (Å²) in [6.07, 6.45) is 6.55. The van der Waals surface area contributed by atoms with Gasteiger partial charge in [0.25, 0.3) is 10.0 Å². The predicted molar refractivity (Wildman–Crippen MR) is 69.5 cm³/mol. The van der Waals surface area contributed by atoms with Crippen molar-refractivity contribution in [1.82, 2.24) is 14.5 Å². The van der Waals surface area contributed by atoms with E-state index >= 15 is 0 Å². The number of aromatic nitrogens is 2. The molecule has 19 heavy (non-hydrogen) atoms. The Kier molecular flexibility index (Phi) is 4.22. The Balaban J connectivity index is 2.14. The average Bonchev–Trinajstić information content (AvgIpc) is 2.84. The minimum Gasteiger partial charge on any atom is -0.256 e. The lowest BCUT2D eigenvalue weighted by atomic mass is 9.85. The lowest BCUT2D eigenvalue weighted by Gasteiger charge is -2.26. The molecule has 1 aromatic heterocycles. The highest BCUT2D eigenvalue weighted by atomic mass is 32.2. The van der Waals surface area contributed by atoms with Crippen molar-refractivity contribution in [3.63, 3.8) is 0 Å². The molecule has 1 heterocycles. The molecular weight excluding hydrogens is 264 g/mol. The molecule has 2 rings (SSSR count). The molecular formula is C12H18N4O2S. The second-order valence-corrected chi connectivity index (χ2v) is 6.58. The van der Waals surface area contributed by atoms with Crippen molar-refractivity contribution >= 4 is 10.0 Å². The molecule has 6 nitrogen and oxygen atoms in total. The van der Waals surface area contributed by atoms with E-state index in [1.807, 2.05) is 0 Å². The van der Waals surface area contributed by atoms with Gasteiger partial charge in [0.1, 0.15) is 6.04 Å². The molecule has 1 atom stereocenters. The quantitative estimate of drug-likeness (QED) is 0.898. The van der Waals surface area contributed by atoms with E-state index in [0.29, 0.717) is 0 Å². The maximum Gasteiger partial charge on any atom is 0.258 e. The van der Waals surface area contributed by atoms with E-state index < -0.39 is 16.1 Å². The first-order valence-electron chi connectivity index (χ1n) is 6.44. The third kappa shape index (κ3) is 3.14. The Hall–Kier alpha value is -1.39. The van der Waals surface area contributed by atoms with Gasteiger partial charge in [-0.3, -0.25) is 4.68 Å². The van der Waals surface area contributed by atoms with Crippen LogP contribution in [0.15, 0.2) is 17.3 Å². The van der Waals surface area contributed by atoms with Crippen LogP contribution in [0.2, 0.25) is 0 Å². The minimum absolute atomic E-state index is 0.0866. The molecule has 0 aliphatic heterocycles. The molecule has 1 N–H and O–H groups in total. The molecule has 7 heteroatoms. The largest absolute Gasteiger partial charge is 0.258 e. The molecule has 1 fully saturated rings. The maximum absolute atomic E-state index is 12.2. The van der Waals surface area contributed by atoms with Crippen molar-refractivity contribution < 1.29 is 8.42 Å². The van der Waals surface area contributed by atoms with Gasteiger partial charge in [-0.15, -0.1) is 0 Å². The first-order valence-corrected chi connectivity index (χ1v) is 7.93. The number of hydrogen-bond acceptors (Lipinski definition) is 4. The van der Waals surface area contributed by atoms with E-state index in [1.165, 1.54) is 23.4 Å². The molecule has 1 aromatic rings. The molecule has 0 saturated heterocycles. The lowest BCUT2D eigenvalue weighted by Crippen LogP contribution is -2.40. The highest BCUT2D eigenvalue weighted by molar-refractivity contribution is 7.89. The van der Waals surface area contributed by atoms with Crippen LogP contribution < -0.4 is 4.72 Å². The maximum atomic E-state index is 12.2. The zero-order valence-electron chi connectivity index (χ0n) is 10.9. The normalized spacial score (nSPS) is 18.9. The third-order valence-electron chi connectivity index (χ3n) is 3.59. The molecule has 0 aromatic carbocycles. The van der Waals surface area contributed by atoms with Gasteiger partial charge in [-0.05, 0) is 24.8 Å². The van der Waals surface area contributed by atoms with E-state index in [-0.39, 0.29) is 10.9 Å². The summed E-state index contributed by atoms with van der Waals surface area (Å²) in [6, 6.07) is 2.86. The number of aryl methyl sites for hydroxylation is 1. The van der Waals surface area contributed by atoms with Gasteiger partial charge in [-0.25, -0.2) is 8.42 Å². The van der Waals surface area contributed by atoms with Gasteiger partial charge in [0.2, 0.25) is 0 Å². The van der Waals surface area contributed by atoms with E-state index in [9.17, 15) is 13.7 Å². The van der Waals surface area contributed by atoms with Crippen LogP contribution in [0.4, 0.5) is 0 Å². The minimum atomic E-state index is -3.68. The third-order valence-corrected chi connectivity index (χ3v) is 5.11. The van der Waals surface area contributed by atoms with Crippen molar-refractivity contribution in [2.45, 2.75) is 43.2 Å². The average molecular weight is 282 g/mol. The number of nitriles is 1. The van der Waals surface area contributed by atoms with Crippen LogP contribution in [-0.2, 0) is 17.1 Å². The fourth-order valence-electron chi connectivity index (χ4n) is 2.55. The van der Waals surface area contributed by atoms with Gasteiger partial charge in [0.05, 0.1) is 12.3 Å². The Morgan fingerprint density at radius 3 is 2.68 bits per heavy atom. The SMILES string of the molecule is Cn1nccc1S(=O)(=O)NC(C#N)C1CCCCC1. The monoisotopic (exact) mass is 282 g/mol. The number of sulfonamides is 1. The zero-order chi connectivity index (χ0) is 13.9. The van der Waals surface area contributed by atoms with Gasteiger partial charge >= 0.3 is 0 Å². The molecule has 1 saturated carbocycles. The molecule has 104 valence electrons. The molecule has 0 bridgehead atoms. The summed E-state index contributed by atoms with van der Waals surface area (Å²) in [4.78, 5) is 0. The van der Waals surface area contributed by atoms with Crippen LogP contribution in [0.3, 0.4) is 0 Å². The number of hydrogen-bond donors (Lipinski definition) is 1. The zero-order valence-corrected chi connectivity index (χ0v) is 11.7. The second kappa shape index (κ2) is 5.72. The Morgan fingerprint density at radius 2 is 2.16 bits per heavy atom. The van der Waals surface area contributed by atoms with Crippen LogP contribution in [0, 0.1) is 17.2 Å². The van der Waals surface area contributed by atoms with E-state index in [0.717, 1.165) is 25.7 Å². The van der Waals surface area contributed by atoms with Crippen LogP contribution >= 0.6 is 0 Å². The van der Waals surface area contributed by atoms with Gasteiger partial charge in [-0.2, -0.15) is 15.1 Å². The fourth-order valence-corrected chi connectivity index (χ4v) is 3.88. The molecule has 0 amide bonds. The summed E-state index contributed by atoms with van der Waals surface area (Å²) in [5.41, 5.74) is 0. The number of rotatable bonds is 4. The Morgan fingerprint density at radius 1 is 1.47 bits per heavy atom. The number of nitrogens with one attached hydrogen (secondary N) is 1.